The Labute approximate surface area is 111 Å². The van der Waals surface area contributed by atoms with Crippen molar-refractivity contribution >= 4 is 5.69 Å². The van der Waals surface area contributed by atoms with Crippen LogP contribution < -0.4 is 10.1 Å². The van der Waals surface area contributed by atoms with Gasteiger partial charge in [-0.15, -0.1) is 0 Å². The highest BCUT2D eigenvalue weighted by Gasteiger charge is 2.06. The van der Waals surface area contributed by atoms with Gasteiger partial charge in [-0.2, -0.15) is 5.26 Å². The molecule has 4 heteroatoms. The fraction of sp³-hybridized carbons (Fsp3) is 0.133. The van der Waals surface area contributed by atoms with Crippen LogP contribution in [0.25, 0.3) is 0 Å². The van der Waals surface area contributed by atoms with E-state index in [0.29, 0.717) is 12.2 Å². The summed E-state index contributed by atoms with van der Waals surface area (Å²) in [5.74, 6) is 0.273. The average Bonchev–Trinajstić information content (AvgIpc) is 2.45. The first kappa shape index (κ1) is 12.9. The highest BCUT2D eigenvalue weighted by Crippen LogP contribution is 2.19. The molecule has 0 saturated heterocycles. The summed E-state index contributed by atoms with van der Waals surface area (Å²) in [6.45, 7) is 0.516. The van der Waals surface area contributed by atoms with Gasteiger partial charge in [-0.05, 0) is 29.8 Å². The summed E-state index contributed by atoms with van der Waals surface area (Å²) in [4.78, 5) is 0. The Hall–Kier alpha value is -2.54. The van der Waals surface area contributed by atoms with Gasteiger partial charge in [-0.3, -0.25) is 0 Å². The molecule has 0 bridgehead atoms. The Morgan fingerprint density at radius 3 is 2.58 bits per heavy atom. The molecule has 2 aromatic rings. The predicted molar refractivity (Wildman–Crippen MR) is 71.4 cm³/mol. The molecule has 0 radical (unpaired) electrons. The van der Waals surface area contributed by atoms with Gasteiger partial charge in [0, 0.05) is 6.54 Å². The lowest BCUT2D eigenvalue weighted by Crippen LogP contribution is -2.02. The first-order valence-corrected chi connectivity index (χ1v) is 5.80. The molecule has 0 aromatic heterocycles. The lowest BCUT2D eigenvalue weighted by Gasteiger charge is -2.09. The fourth-order valence-corrected chi connectivity index (χ4v) is 1.73. The van der Waals surface area contributed by atoms with Crippen molar-refractivity contribution in [3.63, 3.8) is 0 Å². The van der Waals surface area contributed by atoms with Gasteiger partial charge in [0.1, 0.15) is 23.2 Å². The zero-order valence-corrected chi connectivity index (χ0v) is 10.5. The third-order valence-corrected chi connectivity index (χ3v) is 2.77. The smallest absolute Gasteiger partial charge is 0.143 e. The van der Waals surface area contributed by atoms with Crippen molar-refractivity contribution in [1.29, 1.82) is 5.26 Å². The number of nitriles is 1. The molecule has 0 atom stereocenters. The Balaban J connectivity index is 2.10. The SMILES string of the molecule is COc1ccc(CNc2cccc(F)c2C#N)cc1. The number of halogens is 1. The summed E-state index contributed by atoms with van der Waals surface area (Å²) in [6.07, 6.45) is 0. The summed E-state index contributed by atoms with van der Waals surface area (Å²) in [7, 11) is 1.61. The Morgan fingerprint density at radius 1 is 1.21 bits per heavy atom. The monoisotopic (exact) mass is 256 g/mol. The minimum Gasteiger partial charge on any atom is -0.497 e. The molecule has 1 N–H and O–H groups in total. The maximum absolute atomic E-state index is 13.4. The maximum Gasteiger partial charge on any atom is 0.143 e. The van der Waals surface area contributed by atoms with Gasteiger partial charge in [-0.25, -0.2) is 4.39 Å². The van der Waals surface area contributed by atoms with Crippen LogP contribution >= 0.6 is 0 Å². The summed E-state index contributed by atoms with van der Waals surface area (Å²) in [5, 5.41) is 12.0. The molecule has 0 heterocycles. The highest BCUT2D eigenvalue weighted by atomic mass is 19.1. The van der Waals surface area contributed by atoms with E-state index in [2.05, 4.69) is 5.32 Å². The van der Waals surface area contributed by atoms with Crippen LogP contribution in [0.1, 0.15) is 11.1 Å². The van der Waals surface area contributed by atoms with Crippen molar-refractivity contribution in [2.24, 2.45) is 0 Å². The number of anilines is 1. The molecule has 0 saturated carbocycles. The predicted octanol–water partition coefficient (Wildman–Crippen LogP) is 3.32. The van der Waals surface area contributed by atoms with E-state index < -0.39 is 5.82 Å². The molecule has 19 heavy (non-hydrogen) atoms. The molecular weight excluding hydrogens is 243 g/mol. The van der Waals surface area contributed by atoms with E-state index in [-0.39, 0.29) is 5.56 Å². The molecule has 2 aromatic carbocycles. The summed E-state index contributed by atoms with van der Waals surface area (Å²) >= 11 is 0. The molecule has 3 nitrogen and oxygen atoms in total. The van der Waals surface area contributed by atoms with Crippen molar-refractivity contribution in [1.82, 2.24) is 0 Å². The third kappa shape index (κ3) is 3.02. The number of methoxy groups -OCH3 is 1. The van der Waals surface area contributed by atoms with E-state index >= 15 is 0 Å². The van der Waals surface area contributed by atoms with E-state index in [1.54, 1.807) is 19.2 Å². The second kappa shape index (κ2) is 5.87. The van der Waals surface area contributed by atoms with Gasteiger partial charge in [-0.1, -0.05) is 18.2 Å². The number of ether oxygens (including phenoxy) is 1. The maximum atomic E-state index is 13.4. The molecule has 0 fully saturated rings. The minimum atomic E-state index is -0.512. The number of benzene rings is 2. The molecule has 2 rings (SSSR count). The Kier molecular flexibility index (Phi) is 3.99. The van der Waals surface area contributed by atoms with Crippen LogP contribution in [0.15, 0.2) is 42.5 Å². The van der Waals surface area contributed by atoms with Crippen LogP contribution in [-0.4, -0.2) is 7.11 Å². The fourth-order valence-electron chi connectivity index (χ4n) is 1.73. The average molecular weight is 256 g/mol. The summed E-state index contributed by atoms with van der Waals surface area (Å²) < 4.78 is 18.5. The molecule has 96 valence electrons. The van der Waals surface area contributed by atoms with Crippen LogP contribution in [0.3, 0.4) is 0 Å². The lowest BCUT2D eigenvalue weighted by atomic mass is 10.1. The molecule has 0 spiro atoms. The molecule has 0 unspecified atom stereocenters. The first-order valence-electron chi connectivity index (χ1n) is 5.80. The zero-order valence-electron chi connectivity index (χ0n) is 10.5. The van der Waals surface area contributed by atoms with Crippen LogP contribution in [0.2, 0.25) is 0 Å². The Bertz CT molecular complexity index is 603. The molecule has 0 aliphatic carbocycles. The number of hydrogen-bond acceptors (Lipinski definition) is 3. The molecular formula is C15H13FN2O. The first-order chi connectivity index (χ1) is 9.24. The van der Waals surface area contributed by atoms with Crippen molar-refractivity contribution in [3.8, 4) is 11.8 Å². The number of nitrogens with one attached hydrogen (secondary N) is 1. The van der Waals surface area contributed by atoms with Gasteiger partial charge < -0.3 is 10.1 Å². The number of nitrogens with zero attached hydrogens (tertiary/aromatic N) is 1. The van der Waals surface area contributed by atoms with E-state index in [9.17, 15) is 4.39 Å². The summed E-state index contributed by atoms with van der Waals surface area (Å²) in [5.41, 5.74) is 1.56. The van der Waals surface area contributed by atoms with Crippen LogP contribution in [0.4, 0.5) is 10.1 Å². The van der Waals surface area contributed by atoms with E-state index in [4.69, 9.17) is 10.00 Å². The Morgan fingerprint density at radius 2 is 1.95 bits per heavy atom. The van der Waals surface area contributed by atoms with Gasteiger partial charge >= 0.3 is 0 Å². The standard InChI is InChI=1S/C15H13FN2O/c1-19-12-7-5-11(6-8-12)10-18-15-4-2-3-14(16)13(15)9-17/h2-8,18H,10H2,1H3. The zero-order chi connectivity index (χ0) is 13.7. The van der Waals surface area contributed by atoms with Gasteiger partial charge in [0.15, 0.2) is 0 Å². The van der Waals surface area contributed by atoms with E-state index in [1.807, 2.05) is 30.3 Å². The molecule has 0 aliphatic rings. The van der Waals surface area contributed by atoms with Gasteiger partial charge in [0.25, 0.3) is 0 Å². The van der Waals surface area contributed by atoms with Crippen LogP contribution in [0.5, 0.6) is 5.75 Å². The third-order valence-electron chi connectivity index (χ3n) is 2.77. The van der Waals surface area contributed by atoms with Crippen molar-refractivity contribution < 1.29 is 9.13 Å². The normalized spacial score (nSPS) is 9.74. The topological polar surface area (TPSA) is 45.0 Å². The van der Waals surface area contributed by atoms with Crippen LogP contribution in [-0.2, 0) is 6.54 Å². The molecule has 0 aliphatic heterocycles. The van der Waals surface area contributed by atoms with Crippen LogP contribution in [0, 0.1) is 17.1 Å². The quantitative estimate of drug-likeness (QED) is 0.912. The minimum absolute atomic E-state index is 0.0380. The second-order valence-corrected chi connectivity index (χ2v) is 3.98. The largest absolute Gasteiger partial charge is 0.497 e. The molecule has 0 amide bonds. The van der Waals surface area contributed by atoms with Gasteiger partial charge in [0.05, 0.1) is 12.8 Å². The summed E-state index contributed by atoms with van der Waals surface area (Å²) in [6, 6.07) is 13.9. The van der Waals surface area contributed by atoms with Crippen molar-refractivity contribution in [3.05, 3.63) is 59.4 Å². The van der Waals surface area contributed by atoms with Gasteiger partial charge in [0.2, 0.25) is 0 Å². The van der Waals surface area contributed by atoms with Crippen molar-refractivity contribution in [2.45, 2.75) is 6.54 Å². The second-order valence-electron chi connectivity index (χ2n) is 3.98. The number of hydrogen-bond donors (Lipinski definition) is 1. The highest BCUT2D eigenvalue weighted by molar-refractivity contribution is 5.58. The van der Waals surface area contributed by atoms with E-state index in [0.717, 1.165) is 11.3 Å². The van der Waals surface area contributed by atoms with Crippen molar-refractivity contribution in [2.75, 3.05) is 12.4 Å². The number of rotatable bonds is 4. The lowest BCUT2D eigenvalue weighted by molar-refractivity contribution is 0.414. The van der Waals surface area contributed by atoms with E-state index in [1.165, 1.54) is 6.07 Å².